The van der Waals surface area contributed by atoms with Gasteiger partial charge in [-0.15, -0.1) is 0 Å². The van der Waals surface area contributed by atoms with E-state index in [9.17, 15) is 14.9 Å². The highest BCUT2D eigenvalue weighted by Crippen LogP contribution is 2.21. The van der Waals surface area contributed by atoms with Gasteiger partial charge >= 0.3 is 5.97 Å². The number of nitro benzene ring substituents is 1. The molecule has 1 unspecified atom stereocenters. The molecule has 0 aromatic heterocycles. The lowest BCUT2D eigenvalue weighted by Gasteiger charge is -2.25. The summed E-state index contributed by atoms with van der Waals surface area (Å²) < 4.78 is 0. The Labute approximate surface area is 111 Å². The fraction of sp³-hybridized carbons (Fsp3) is 0.462. The van der Waals surface area contributed by atoms with Crippen LogP contribution in [0.15, 0.2) is 18.2 Å². The zero-order valence-corrected chi connectivity index (χ0v) is 11.3. The van der Waals surface area contributed by atoms with Crippen LogP contribution in [0.3, 0.4) is 0 Å². The van der Waals surface area contributed by atoms with Gasteiger partial charge in [-0.05, 0) is 25.8 Å². The van der Waals surface area contributed by atoms with Gasteiger partial charge in [0.25, 0.3) is 5.69 Å². The predicted octanol–water partition coefficient (Wildman–Crippen LogP) is 2.25. The summed E-state index contributed by atoms with van der Waals surface area (Å²) in [5.41, 5.74) is 0.309. The lowest BCUT2D eigenvalue weighted by molar-refractivity contribution is -0.385. The van der Waals surface area contributed by atoms with Gasteiger partial charge < -0.3 is 5.11 Å². The second-order valence-corrected chi connectivity index (χ2v) is 4.66. The van der Waals surface area contributed by atoms with E-state index in [4.69, 9.17) is 5.11 Å². The Bertz CT molecular complexity index is 501. The van der Waals surface area contributed by atoms with Crippen molar-refractivity contribution in [2.75, 3.05) is 0 Å². The summed E-state index contributed by atoms with van der Waals surface area (Å²) in [6, 6.07) is 4.80. The van der Waals surface area contributed by atoms with E-state index in [1.54, 1.807) is 32.9 Å². The highest BCUT2D eigenvalue weighted by Gasteiger charge is 2.30. The predicted molar refractivity (Wildman–Crippen MR) is 71.0 cm³/mol. The van der Waals surface area contributed by atoms with Crippen LogP contribution in [0.25, 0.3) is 0 Å². The first-order chi connectivity index (χ1) is 8.81. The molecular weight excluding hydrogens is 248 g/mol. The van der Waals surface area contributed by atoms with Crippen molar-refractivity contribution >= 4 is 11.7 Å². The van der Waals surface area contributed by atoms with Crippen molar-refractivity contribution in [3.8, 4) is 0 Å². The topological polar surface area (TPSA) is 92.5 Å². The number of benzene rings is 1. The van der Waals surface area contributed by atoms with Gasteiger partial charge in [-0.1, -0.05) is 19.1 Å². The summed E-state index contributed by atoms with van der Waals surface area (Å²) in [5.74, 6) is -0.932. The molecule has 1 aromatic rings. The first-order valence-electron chi connectivity index (χ1n) is 6.03. The molecule has 1 atom stereocenters. The zero-order chi connectivity index (χ0) is 14.6. The summed E-state index contributed by atoms with van der Waals surface area (Å²) in [5, 5.41) is 22.9. The van der Waals surface area contributed by atoms with Crippen molar-refractivity contribution in [2.24, 2.45) is 0 Å². The van der Waals surface area contributed by atoms with E-state index in [1.165, 1.54) is 6.07 Å². The first-order valence-corrected chi connectivity index (χ1v) is 6.03. The van der Waals surface area contributed by atoms with Crippen LogP contribution < -0.4 is 5.32 Å². The van der Waals surface area contributed by atoms with Crippen LogP contribution in [-0.4, -0.2) is 21.5 Å². The molecule has 0 aliphatic carbocycles. The number of hydrogen-bond acceptors (Lipinski definition) is 4. The third-order valence-corrected chi connectivity index (χ3v) is 3.46. The molecule has 0 heterocycles. The van der Waals surface area contributed by atoms with Gasteiger partial charge in [0.1, 0.15) is 5.54 Å². The molecule has 6 nitrogen and oxygen atoms in total. The highest BCUT2D eigenvalue weighted by molar-refractivity contribution is 5.78. The van der Waals surface area contributed by atoms with Crippen LogP contribution in [-0.2, 0) is 11.3 Å². The molecule has 0 aliphatic rings. The minimum absolute atomic E-state index is 0.0489. The lowest BCUT2D eigenvalue weighted by atomic mass is 9.98. The zero-order valence-electron chi connectivity index (χ0n) is 11.3. The fourth-order valence-corrected chi connectivity index (χ4v) is 1.70. The molecule has 0 fully saturated rings. The van der Waals surface area contributed by atoms with Crippen LogP contribution in [0.1, 0.15) is 31.4 Å². The van der Waals surface area contributed by atoms with Crippen LogP contribution in [0.4, 0.5) is 5.69 Å². The van der Waals surface area contributed by atoms with Gasteiger partial charge in [-0.3, -0.25) is 20.2 Å². The quantitative estimate of drug-likeness (QED) is 0.608. The van der Waals surface area contributed by atoms with E-state index in [0.29, 0.717) is 12.0 Å². The minimum atomic E-state index is -1.03. The maximum atomic E-state index is 11.2. The highest BCUT2D eigenvalue weighted by atomic mass is 16.6. The van der Waals surface area contributed by atoms with Gasteiger partial charge in [0.2, 0.25) is 0 Å². The number of nitro groups is 1. The van der Waals surface area contributed by atoms with E-state index in [2.05, 4.69) is 5.32 Å². The SMILES string of the molecule is CCC(C)(NCc1cccc([N+](=O)[O-])c1C)C(=O)O. The molecule has 0 spiro atoms. The average molecular weight is 266 g/mol. The molecule has 0 amide bonds. The summed E-state index contributed by atoms with van der Waals surface area (Å²) in [6.45, 7) is 5.33. The molecule has 104 valence electrons. The van der Waals surface area contributed by atoms with Gasteiger partial charge in [0, 0.05) is 18.2 Å². The van der Waals surface area contributed by atoms with Crippen LogP contribution in [0, 0.1) is 17.0 Å². The summed E-state index contributed by atoms with van der Waals surface area (Å²) in [7, 11) is 0. The molecular formula is C13H18N2O4. The normalized spacial score (nSPS) is 13.8. The van der Waals surface area contributed by atoms with Crippen molar-refractivity contribution in [3.63, 3.8) is 0 Å². The van der Waals surface area contributed by atoms with Crippen LogP contribution in [0.2, 0.25) is 0 Å². The maximum Gasteiger partial charge on any atom is 0.323 e. The summed E-state index contributed by atoms with van der Waals surface area (Å²) in [6.07, 6.45) is 0.427. The third-order valence-electron chi connectivity index (χ3n) is 3.46. The number of rotatable bonds is 6. The summed E-state index contributed by atoms with van der Waals surface area (Å²) >= 11 is 0. The molecule has 2 N–H and O–H groups in total. The Kier molecular flexibility index (Phi) is 4.61. The van der Waals surface area contributed by atoms with Crippen LogP contribution >= 0.6 is 0 Å². The Hall–Kier alpha value is -1.95. The molecule has 0 saturated carbocycles. The van der Waals surface area contributed by atoms with Crippen molar-refractivity contribution in [1.29, 1.82) is 0 Å². The van der Waals surface area contributed by atoms with E-state index < -0.39 is 16.4 Å². The van der Waals surface area contributed by atoms with Gasteiger partial charge in [-0.2, -0.15) is 0 Å². The molecule has 19 heavy (non-hydrogen) atoms. The number of carboxylic acid groups (broad SMARTS) is 1. The number of carbonyl (C=O) groups is 1. The molecule has 0 saturated heterocycles. The van der Waals surface area contributed by atoms with Gasteiger partial charge in [0.05, 0.1) is 4.92 Å². The van der Waals surface area contributed by atoms with Gasteiger partial charge in [0.15, 0.2) is 0 Å². The second-order valence-electron chi connectivity index (χ2n) is 4.66. The van der Waals surface area contributed by atoms with Crippen molar-refractivity contribution in [1.82, 2.24) is 5.32 Å². The molecule has 1 rings (SSSR count). The summed E-state index contributed by atoms with van der Waals surface area (Å²) in [4.78, 5) is 21.6. The Balaban J connectivity index is 2.93. The number of nitrogens with zero attached hydrogens (tertiary/aromatic N) is 1. The second kappa shape index (κ2) is 5.79. The average Bonchev–Trinajstić information content (AvgIpc) is 2.36. The monoisotopic (exact) mass is 266 g/mol. The smallest absolute Gasteiger partial charge is 0.323 e. The largest absolute Gasteiger partial charge is 0.480 e. The van der Waals surface area contributed by atoms with Crippen molar-refractivity contribution in [3.05, 3.63) is 39.4 Å². The van der Waals surface area contributed by atoms with Crippen molar-refractivity contribution < 1.29 is 14.8 Å². The van der Waals surface area contributed by atoms with E-state index in [-0.39, 0.29) is 12.2 Å². The lowest BCUT2D eigenvalue weighted by Crippen LogP contribution is -2.48. The van der Waals surface area contributed by atoms with Crippen molar-refractivity contribution in [2.45, 2.75) is 39.3 Å². The number of nitrogens with one attached hydrogen (secondary N) is 1. The van der Waals surface area contributed by atoms with E-state index >= 15 is 0 Å². The molecule has 6 heteroatoms. The molecule has 0 aliphatic heterocycles. The van der Waals surface area contributed by atoms with Crippen LogP contribution in [0.5, 0.6) is 0 Å². The maximum absolute atomic E-state index is 11.2. The Morgan fingerprint density at radius 3 is 2.63 bits per heavy atom. The molecule has 0 bridgehead atoms. The van der Waals surface area contributed by atoms with E-state index in [0.717, 1.165) is 5.56 Å². The fourth-order valence-electron chi connectivity index (χ4n) is 1.70. The van der Waals surface area contributed by atoms with Gasteiger partial charge in [-0.25, -0.2) is 0 Å². The van der Waals surface area contributed by atoms with E-state index in [1.807, 2.05) is 0 Å². The Morgan fingerprint density at radius 2 is 2.16 bits per heavy atom. The Morgan fingerprint density at radius 1 is 1.53 bits per heavy atom. The molecule has 0 radical (unpaired) electrons. The minimum Gasteiger partial charge on any atom is -0.480 e. The standard InChI is InChI=1S/C13H18N2O4/c1-4-13(3,12(16)17)14-8-10-6-5-7-11(9(10)2)15(18)19/h5-7,14H,4,8H2,1-3H3,(H,16,17). The molecule has 1 aromatic carbocycles. The first kappa shape index (κ1) is 15.1. The number of aliphatic carboxylic acids is 1. The number of carboxylic acids is 1. The number of hydrogen-bond donors (Lipinski definition) is 2. The third kappa shape index (κ3) is 3.29.